The van der Waals surface area contributed by atoms with E-state index in [0.29, 0.717) is 35.6 Å². The van der Waals surface area contributed by atoms with Crippen molar-refractivity contribution >= 4 is 23.1 Å². The van der Waals surface area contributed by atoms with Gasteiger partial charge in [-0.1, -0.05) is 56.2 Å². The molecule has 1 amide bonds. The van der Waals surface area contributed by atoms with Gasteiger partial charge in [-0.25, -0.2) is 4.39 Å². The highest BCUT2D eigenvalue weighted by Crippen LogP contribution is 2.48. The van der Waals surface area contributed by atoms with Gasteiger partial charge in [-0.15, -0.1) is 0 Å². The van der Waals surface area contributed by atoms with E-state index in [2.05, 4.69) is 12.2 Å². The lowest BCUT2D eigenvalue weighted by Gasteiger charge is -2.35. The first-order valence-electron chi connectivity index (χ1n) is 15.5. The third-order valence-corrected chi connectivity index (χ3v) is 8.60. The maximum Gasteiger partial charge on any atom is 0.259 e. The number of hydrogen-bond acceptors (Lipinski definition) is 5. The van der Waals surface area contributed by atoms with Crippen molar-refractivity contribution in [2.45, 2.75) is 51.0 Å². The molecule has 0 saturated heterocycles. The zero-order valence-electron chi connectivity index (χ0n) is 25.6. The molecule has 2 atom stereocenters. The molecule has 0 unspecified atom stereocenters. The van der Waals surface area contributed by atoms with E-state index in [-0.39, 0.29) is 29.8 Å². The van der Waals surface area contributed by atoms with Crippen molar-refractivity contribution in [3.63, 3.8) is 0 Å². The van der Waals surface area contributed by atoms with Gasteiger partial charge in [-0.3, -0.25) is 14.5 Å². The van der Waals surface area contributed by atoms with Gasteiger partial charge in [0.25, 0.3) is 5.91 Å². The highest BCUT2D eigenvalue weighted by molar-refractivity contribution is 6.12. The largest absolute Gasteiger partial charge is 0.497 e. The molecule has 0 saturated carbocycles. The topological polar surface area (TPSA) is 67.9 Å². The fraction of sp³-hybridized carbons (Fsp3) is 0.263. The molecule has 1 aliphatic heterocycles. The van der Waals surface area contributed by atoms with Gasteiger partial charge in [0.2, 0.25) is 0 Å². The van der Waals surface area contributed by atoms with E-state index in [1.807, 2.05) is 48.5 Å². The number of nitrogens with zero attached hydrogens (tertiary/aromatic N) is 1. The van der Waals surface area contributed by atoms with E-state index in [0.717, 1.165) is 47.5 Å². The first-order chi connectivity index (χ1) is 22.0. The van der Waals surface area contributed by atoms with E-state index in [4.69, 9.17) is 9.47 Å². The van der Waals surface area contributed by atoms with Crippen LogP contribution in [0.15, 0.2) is 108 Å². The molecule has 0 bridgehead atoms. The predicted octanol–water partition coefficient (Wildman–Crippen LogP) is 8.62. The van der Waals surface area contributed by atoms with Gasteiger partial charge in [-0.2, -0.15) is 0 Å². The zero-order chi connectivity index (χ0) is 31.3. The van der Waals surface area contributed by atoms with Crippen molar-refractivity contribution in [2.24, 2.45) is 0 Å². The van der Waals surface area contributed by atoms with Crippen molar-refractivity contribution < 1.29 is 23.5 Å². The number of methoxy groups -OCH3 is 1. The minimum atomic E-state index is -0.693. The van der Waals surface area contributed by atoms with Crippen molar-refractivity contribution in [1.82, 2.24) is 0 Å². The molecule has 0 radical (unpaired) electrons. The second kappa shape index (κ2) is 13.4. The maximum atomic E-state index is 14.5. The zero-order valence-corrected chi connectivity index (χ0v) is 25.6. The van der Waals surface area contributed by atoms with Crippen LogP contribution in [0.25, 0.3) is 0 Å². The summed E-state index contributed by atoms with van der Waals surface area (Å²) in [6.45, 7) is 2.79. The van der Waals surface area contributed by atoms with Crippen LogP contribution in [0.2, 0.25) is 0 Å². The van der Waals surface area contributed by atoms with Crippen LogP contribution in [0, 0.1) is 5.82 Å². The van der Waals surface area contributed by atoms with Gasteiger partial charge in [0.15, 0.2) is 5.78 Å². The highest BCUT2D eigenvalue weighted by Gasteiger charge is 2.42. The number of carbonyl (C=O) groups excluding carboxylic acids is 2. The number of para-hydroxylation sites is 2. The van der Waals surface area contributed by atoms with Crippen LogP contribution in [0.3, 0.4) is 0 Å². The molecule has 0 fully saturated rings. The first kappa shape index (κ1) is 30.1. The second-order valence-corrected chi connectivity index (χ2v) is 11.5. The van der Waals surface area contributed by atoms with Gasteiger partial charge in [0.1, 0.15) is 17.3 Å². The lowest BCUT2D eigenvalue weighted by Crippen LogP contribution is -2.38. The fourth-order valence-corrected chi connectivity index (χ4v) is 6.26. The summed E-state index contributed by atoms with van der Waals surface area (Å²) in [5, 5.41) is 3.55. The smallest absolute Gasteiger partial charge is 0.259 e. The summed E-state index contributed by atoms with van der Waals surface area (Å²) in [7, 11) is 1.59. The number of fused-ring (bicyclic) bond motifs is 1. The molecule has 0 spiro atoms. The molecule has 7 heteroatoms. The van der Waals surface area contributed by atoms with Crippen LogP contribution in [0.1, 0.15) is 72.5 Å². The first-order valence-corrected chi connectivity index (χ1v) is 15.5. The van der Waals surface area contributed by atoms with Gasteiger partial charge in [0, 0.05) is 23.3 Å². The molecule has 1 heterocycles. The van der Waals surface area contributed by atoms with Crippen molar-refractivity contribution in [3.05, 3.63) is 131 Å². The fourth-order valence-electron chi connectivity index (χ4n) is 6.26. The third kappa shape index (κ3) is 6.34. The number of ketones is 1. The van der Waals surface area contributed by atoms with E-state index >= 15 is 0 Å². The number of carbonyl (C=O) groups is 2. The average Bonchev–Trinajstić information content (AvgIpc) is 3.22. The summed E-state index contributed by atoms with van der Waals surface area (Å²) < 4.78 is 25.1. The van der Waals surface area contributed by atoms with Crippen molar-refractivity contribution in [1.29, 1.82) is 0 Å². The van der Waals surface area contributed by atoms with Gasteiger partial charge < -0.3 is 14.8 Å². The van der Waals surface area contributed by atoms with Crippen molar-refractivity contribution in [3.8, 4) is 11.5 Å². The Labute approximate surface area is 263 Å². The maximum absolute atomic E-state index is 14.5. The number of allylic oxidation sites excluding steroid dienone is 1. The highest BCUT2D eigenvalue weighted by atomic mass is 19.1. The number of Topliss-reactive ketones (excluding diaryl/α,β-unsaturated/α-hetero) is 1. The molecule has 1 aliphatic carbocycles. The van der Waals surface area contributed by atoms with E-state index in [1.54, 1.807) is 48.4 Å². The predicted molar refractivity (Wildman–Crippen MR) is 174 cm³/mol. The Balaban J connectivity index is 1.47. The number of nitrogens with one attached hydrogen (secondary N) is 1. The van der Waals surface area contributed by atoms with E-state index < -0.39 is 6.04 Å². The monoisotopic (exact) mass is 604 g/mol. The van der Waals surface area contributed by atoms with Crippen molar-refractivity contribution in [2.75, 3.05) is 23.9 Å². The molecule has 4 aromatic rings. The summed E-state index contributed by atoms with van der Waals surface area (Å²) in [6, 6.07) is 28.1. The number of hydrogen-bond donors (Lipinski definition) is 1. The van der Waals surface area contributed by atoms with Crippen LogP contribution < -0.4 is 19.7 Å². The van der Waals surface area contributed by atoms with Gasteiger partial charge in [0.05, 0.1) is 31.1 Å². The van der Waals surface area contributed by atoms with Crippen LogP contribution in [0.5, 0.6) is 11.5 Å². The lowest BCUT2D eigenvalue weighted by molar-refractivity contribution is -0.116. The minimum Gasteiger partial charge on any atom is -0.497 e. The Morgan fingerprint density at radius 2 is 1.56 bits per heavy atom. The van der Waals surface area contributed by atoms with E-state index in [9.17, 15) is 14.0 Å². The Bertz CT molecular complexity index is 1700. The Kier molecular flexibility index (Phi) is 8.96. The second-order valence-electron chi connectivity index (χ2n) is 11.5. The molecule has 6 nitrogen and oxygen atoms in total. The molecule has 6 rings (SSSR count). The number of halogens is 1. The quantitative estimate of drug-likeness (QED) is 0.194. The number of rotatable bonds is 9. The number of benzene rings is 4. The normalized spacial score (nSPS) is 17.6. The van der Waals surface area contributed by atoms with Crippen LogP contribution in [-0.4, -0.2) is 25.4 Å². The Morgan fingerprint density at radius 1 is 0.867 bits per heavy atom. The molecule has 230 valence electrons. The molecular formula is C38H37FN2O4. The number of amides is 1. The molecule has 4 aromatic carbocycles. The molecule has 0 aromatic heterocycles. The lowest BCUT2D eigenvalue weighted by atomic mass is 9.78. The number of anilines is 2. The van der Waals surface area contributed by atoms with Crippen LogP contribution in [-0.2, 0) is 4.79 Å². The van der Waals surface area contributed by atoms with Crippen LogP contribution >= 0.6 is 0 Å². The molecule has 45 heavy (non-hydrogen) atoms. The van der Waals surface area contributed by atoms with Crippen LogP contribution in [0.4, 0.5) is 15.8 Å². The molecule has 2 aliphatic rings. The summed E-state index contributed by atoms with van der Waals surface area (Å²) in [6.07, 6.45) is 3.99. The average molecular weight is 605 g/mol. The van der Waals surface area contributed by atoms with Gasteiger partial charge in [-0.05, 0) is 90.6 Å². The number of ether oxygens (including phenoxy) is 2. The summed E-state index contributed by atoms with van der Waals surface area (Å²) in [5.41, 5.74) is 4.91. The third-order valence-electron chi connectivity index (χ3n) is 8.60. The molecular weight excluding hydrogens is 567 g/mol. The molecule has 1 N–H and O–H groups in total. The summed E-state index contributed by atoms with van der Waals surface area (Å²) in [4.78, 5) is 30.5. The summed E-state index contributed by atoms with van der Waals surface area (Å²) >= 11 is 0. The SMILES string of the molecule is CCCCCOc1ccc([C@@H]2C3=C(C[C@@H](c4ccc(F)cc4)CC3=O)Nc3ccccc3N2C(=O)c2ccc(OC)cc2)cc1. The Hall–Kier alpha value is -4.91. The standard InChI is InChI=1S/C38H37FN2O4/c1-3-4-7-22-45-31-20-12-26(13-21-31)37-36-33(23-28(24-35(36)42)25-10-16-29(39)17-11-25)40-32-8-5-6-9-34(32)41(37)38(43)27-14-18-30(44-2)19-15-27/h5-6,8-21,28,37,40H,3-4,7,22-24H2,1-2H3/t28-,37-/m1/s1. The Morgan fingerprint density at radius 3 is 2.27 bits per heavy atom. The van der Waals surface area contributed by atoms with Gasteiger partial charge >= 0.3 is 0 Å². The minimum absolute atomic E-state index is 0.0525. The summed E-state index contributed by atoms with van der Waals surface area (Å²) in [5.74, 6) is 0.667. The number of unbranched alkanes of at least 4 members (excludes halogenated alkanes) is 2. The van der Waals surface area contributed by atoms with E-state index in [1.165, 1.54) is 12.1 Å².